The Balaban J connectivity index is 1.89. The van der Waals surface area contributed by atoms with Gasteiger partial charge in [0.2, 0.25) is 5.89 Å². The molecule has 0 aliphatic rings. The zero-order valence-corrected chi connectivity index (χ0v) is 14.3. The fourth-order valence-electron chi connectivity index (χ4n) is 2.51. The molecule has 24 heavy (non-hydrogen) atoms. The third-order valence-electron chi connectivity index (χ3n) is 3.66. The molecule has 0 unspecified atom stereocenters. The number of aromatic nitrogens is 2. The van der Waals surface area contributed by atoms with Gasteiger partial charge >= 0.3 is 0 Å². The van der Waals surface area contributed by atoms with Crippen molar-refractivity contribution in [3.8, 4) is 34.2 Å². The van der Waals surface area contributed by atoms with E-state index in [1.807, 2.05) is 72.8 Å². The molecule has 0 atom stereocenters. The Morgan fingerprint density at radius 1 is 0.750 bits per heavy atom. The molecule has 0 saturated heterocycles. The van der Waals surface area contributed by atoms with Crippen LogP contribution in [0.2, 0.25) is 0 Å². The molecule has 0 radical (unpaired) electrons. The van der Waals surface area contributed by atoms with Crippen molar-refractivity contribution in [3.63, 3.8) is 0 Å². The molecule has 0 saturated carbocycles. The van der Waals surface area contributed by atoms with Crippen LogP contribution in [-0.2, 0) is 0 Å². The van der Waals surface area contributed by atoms with Crippen molar-refractivity contribution in [2.75, 3.05) is 0 Å². The molecular weight excluding hydrogens is 364 g/mol. The Morgan fingerprint density at radius 3 is 2.04 bits per heavy atom. The first-order chi connectivity index (χ1) is 11.8. The molecule has 4 heteroatoms. The molecule has 0 N–H and O–H groups in total. The maximum atomic E-state index is 6.09. The third-order valence-corrected chi connectivity index (χ3v) is 4.13. The highest BCUT2D eigenvalue weighted by atomic mass is 79.9. The minimum Gasteiger partial charge on any atom is -0.434 e. The number of benzene rings is 2. The molecular formula is C20H13BrN2O. The molecule has 0 fully saturated rings. The number of pyridine rings is 1. The Morgan fingerprint density at radius 2 is 1.42 bits per heavy atom. The molecule has 0 aliphatic heterocycles. The molecule has 2 aromatic heterocycles. The summed E-state index contributed by atoms with van der Waals surface area (Å²) in [4.78, 5) is 9.10. The van der Waals surface area contributed by atoms with Gasteiger partial charge in [0.25, 0.3) is 0 Å². The number of rotatable bonds is 3. The van der Waals surface area contributed by atoms with Crippen LogP contribution in [0.5, 0.6) is 0 Å². The zero-order chi connectivity index (χ0) is 16.4. The van der Waals surface area contributed by atoms with Crippen LogP contribution in [0, 0.1) is 0 Å². The molecule has 2 heterocycles. The minimum absolute atomic E-state index is 0.514. The van der Waals surface area contributed by atoms with Gasteiger partial charge in [0.15, 0.2) is 5.76 Å². The fourth-order valence-corrected chi connectivity index (χ4v) is 2.74. The van der Waals surface area contributed by atoms with E-state index in [1.165, 1.54) is 0 Å². The normalized spacial score (nSPS) is 10.7. The van der Waals surface area contributed by atoms with Crippen molar-refractivity contribution in [3.05, 3.63) is 83.5 Å². The van der Waals surface area contributed by atoms with E-state index in [9.17, 15) is 0 Å². The van der Waals surface area contributed by atoms with Crippen LogP contribution < -0.4 is 0 Å². The van der Waals surface area contributed by atoms with E-state index >= 15 is 0 Å². The van der Waals surface area contributed by atoms with Gasteiger partial charge in [-0.05, 0) is 28.1 Å². The van der Waals surface area contributed by atoms with Gasteiger partial charge in [-0.25, -0.2) is 4.98 Å². The van der Waals surface area contributed by atoms with Gasteiger partial charge in [-0.1, -0.05) is 60.7 Å². The van der Waals surface area contributed by atoms with Gasteiger partial charge < -0.3 is 4.42 Å². The number of nitrogens with zero attached hydrogens (tertiary/aromatic N) is 2. The molecule has 0 aliphatic carbocycles. The quantitative estimate of drug-likeness (QED) is 0.451. The Labute approximate surface area is 148 Å². The van der Waals surface area contributed by atoms with E-state index in [0.29, 0.717) is 11.6 Å². The molecule has 4 aromatic rings. The predicted molar refractivity (Wildman–Crippen MR) is 98.3 cm³/mol. The van der Waals surface area contributed by atoms with Crippen LogP contribution >= 0.6 is 15.9 Å². The molecule has 0 spiro atoms. The van der Waals surface area contributed by atoms with Gasteiger partial charge in [0, 0.05) is 21.8 Å². The zero-order valence-electron chi connectivity index (χ0n) is 12.7. The van der Waals surface area contributed by atoms with E-state index in [1.54, 1.807) is 6.20 Å². The average Bonchev–Trinajstić information content (AvgIpc) is 3.09. The van der Waals surface area contributed by atoms with E-state index in [-0.39, 0.29) is 0 Å². The number of hydrogen-bond acceptors (Lipinski definition) is 3. The summed E-state index contributed by atoms with van der Waals surface area (Å²) in [6.45, 7) is 0. The fraction of sp³-hybridized carbons (Fsp3) is 0. The molecule has 0 bridgehead atoms. The monoisotopic (exact) mass is 376 g/mol. The summed E-state index contributed by atoms with van der Waals surface area (Å²) in [5, 5.41) is 0. The van der Waals surface area contributed by atoms with Crippen molar-refractivity contribution < 1.29 is 4.42 Å². The average molecular weight is 377 g/mol. The van der Waals surface area contributed by atoms with Gasteiger partial charge in [0.05, 0.1) is 0 Å². The standard InChI is InChI=1S/C20H13BrN2O/c21-16-11-12-17(22-13-16)20-23-18(14-7-3-1-4-8-14)19(24-20)15-9-5-2-6-10-15/h1-13H. The molecule has 2 aromatic carbocycles. The molecule has 4 rings (SSSR count). The van der Waals surface area contributed by atoms with E-state index in [4.69, 9.17) is 9.40 Å². The van der Waals surface area contributed by atoms with Crippen molar-refractivity contribution in [2.45, 2.75) is 0 Å². The largest absolute Gasteiger partial charge is 0.434 e. The predicted octanol–water partition coefficient (Wildman–Crippen LogP) is 5.83. The summed E-state index contributed by atoms with van der Waals surface area (Å²) in [6, 6.07) is 23.9. The van der Waals surface area contributed by atoms with Crippen LogP contribution in [-0.4, -0.2) is 9.97 Å². The lowest BCUT2D eigenvalue weighted by Crippen LogP contribution is -1.84. The second kappa shape index (κ2) is 6.42. The summed E-state index contributed by atoms with van der Waals surface area (Å²) < 4.78 is 7.01. The van der Waals surface area contributed by atoms with Crippen LogP contribution in [0.25, 0.3) is 34.2 Å². The SMILES string of the molecule is Brc1ccc(-c2nc(-c3ccccc3)c(-c3ccccc3)o2)nc1. The lowest BCUT2D eigenvalue weighted by molar-refractivity contribution is 0.586. The number of oxazole rings is 1. The Hall–Kier alpha value is -2.72. The first kappa shape index (κ1) is 14.8. The van der Waals surface area contributed by atoms with Crippen LogP contribution in [0.1, 0.15) is 0 Å². The first-order valence-corrected chi connectivity index (χ1v) is 8.34. The topological polar surface area (TPSA) is 38.9 Å². The molecule has 0 amide bonds. The number of hydrogen-bond donors (Lipinski definition) is 0. The van der Waals surface area contributed by atoms with E-state index < -0.39 is 0 Å². The maximum Gasteiger partial charge on any atom is 0.246 e. The van der Waals surface area contributed by atoms with Gasteiger partial charge in [0.1, 0.15) is 11.4 Å². The highest BCUT2D eigenvalue weighted by Gasteiger charge is 2.18. The maximum absolute atomic E-state index is 6.09. The van der Waals surface area contributed by atoms with Crippen molar-refractivity contribution in [2.24, 2.45) is 0 Å². The summed E-state index contributed by atoms with van der Waals surface area (Å²) in [6.07, 6.45) is 1.74. The second-order valence-corrected chi connectivity index (χ2v) is 6.21. The highest BCUT2D eigenvalue weighted by molar-refractivity contribution is 9.10. The van der Waals surface area contributed by atoms with Crippen LogP contribution in [0.15, 0.2) is 87.9 Å². The second-order valence-electron chi connectivity index (χ2n) is 5.29. The first-order valence-electron chi connectivity index (χ1n) is 7.55. The smallest absolute Gasteiger partial charge is 0.246 e. The van der Waals surface area contributed by atoms with Crippen LogP contribution in [0.4, 0.5) is 0 Å². The van der Waals surface area contributed by atoms with Crippen molar-refractivity contribution in [1.29, 1.82) is 0 Å². The van der Waals surface area contributed by atoms with E-state index in [2.05, 4.69) is 20.9 Å². The van der Waals surface area contributed by atoms with Crippen molar-refractivity contribution >= 4 is 15.9 Å². The summed E-state index contributed by atoms with van der Waals surface area (Å²) >= 11 is 3.40. The lowest BCUT2D eigenvalue weighted by Gasteiger charge is -2.00. The van der Waals surface area contributed by atoms with Gasteiger partial charge in [-0.2, -0.15) is 0 Å². The third kappa shape index (κ3) is 2.88. The minimum atomic E-state index is 0.514. The van der Waals surface area contributed by atoms with Gasteiger partial charge in [-0.15, -0.1) is 0 Å². The summed E-state index contributed by atoms with van der Waals surface area (Å²) in [5.41, 5.74) is 3.54. The Bertz CT molecular complexity index is 891. The van der Waals surface area contributed by atoms with E-state index in [0.717, 1.165) is 27.1 Å². The van der Waals surface area contributed by atoms with Gasteiger partial charge in [-0.3, -0.25) is 4.98 Å². The Kier molecular flexibility index (Phi) is 3.97. The summed E-state index contributed by atoms with van der Waals surface area (Å²) in [5.74, 6) is 1.27. The summed E-state index contributed by atoms with van der Waals surface area (Å²) in [7, 11) is 0. The van der Waals surface area contributed by atoms with Crippen molar-refractivity contribution in [1.82, 2.24) is 9.97 Å². The van der Waals surface area contributed by atoms with Crippen LogP contribution in [0.3, 0.4) is 0 Å². The highest BCUT2D eigenvalue weighted by Crippen LogP contribution is 2.35. The molecule has 3 nitrogen and oxygen atoms in total. The lowest BCUT2D eigenvalue weighted by atomic mass is 10.1. The molecule has 116 valence electrons. The number of halogens is 1.